The summed E-state index contributed by atoms with van der Waals surface area (Å²) in [6.45, 7) is 9.39. The average molecular weight is 390 g/mol. The molecule has 150 valence electrons. The molecule has 0 saturated heterocycles. The number of aryl methyl sites for hydroxylation is 5. The van der Waals surface area contributed by atoms with Gasteiger partial charge in [-0.25, -0.2) is 4.79 Å². The third-order valence-corrected chi connectivity index (χ3v) is 5.04. The van der Waals surface area contributed by atoms with Crippen LogP contribution in [0.1, 0.15) is 45.2 Å². The summed E-state index contributed by atoms with van der Waals surface area (Å²) in [5.74, 6) is -0.886. The minimum atomic E-state index is -0.523. The molecule has 0 saturated carbocycles. The van der Waals surface area contributed by atoms with Crippen LogP contribution in [0.25, 0.3) is 10.9 Å². The van der Waals surface area contributed by atoms with E-state index in [0.29, 0.717) is 17.7 Å². The lowest BCUT2D eigenvalue weighted by atomic mass is 10.0. The molecule has 0 aliphatic rings. The van der Waals surface area contributed by atoms with E-state index in [1.165, 1.54) is 0 Å². The van der Waals surface area contributed by atoms with Crippen molar-refractivity contribution in [2.75, 3.05) is 11.9 Å². The summed E-state index contributed by atoms with van der Waals surface area (Å²) < 4.78 is 5.35. The first-order chi connectivity index (χ1) is 13.8. The molecule has 0 fully saturated rings. The van der Waals surface area contributed by atoms with Crippen molar-refractivity contribution in [1.29, 1.82) is 0 Å². The second-order valence-corrected chi connectivity index (χ2v) is 7.33. The molecule has 5 nitrogen and oxygen atoms in total. The lowest BCUT2D eigenvalue weighted by molar-refractivity contribution is -0.119. The first-order valence-corrected chi connectivity index (χ1v) is 9.74. The maximum atomic E-state index is 12.8. The standard InChI is InChI=1S/C24H26N2O3/c1-6-19-22(17(5)18-9-7-8-10-20(18)25-19)24(28)29-13-21(27)26-23-15(3)11-14(2)12-16(23)4/h7-12H,6,13H2,1-5H3,(H,26,27). The van der Waals surface area contributed by atoms with Crippen molar-refractivity contribution in [2.24, 2.45) is 0 Å². The SMILES string of the molecule is CCc1nc2ccccc2c(C)c1C(=O)OCC(=O)Nc1c(C)cc(C)cc1C. The molecule has 3 aromatic rings. The summed E-state index contributed by atoms with van der Waals surface area (Å²) in [6, 6.07) is 11.7. The number of hydrogen-bond donors (Lipinski definition) is 1. The van der Waals surface area contributed by atoms with E-state index in [0.717, 1.165) is 38.8 Å². The van der Waals surface area contributed by atoms with Crippen molar-refractivity contribution >= 4 is 28.5 Å². The minimum Gasteiger partial charge on any atom is -0.452 e. The average Bonchev–Trinajstić information content (AvgIpc) is 2.68. The van der Waals surface area contributed by atoms with E-state index in [9.17, 15) is 9.59 Å². The topological polar surface area (TPSA) is 68.3 Å². The van der Waals surface area contributed by atoms with Gasteiger partial charge in [0.05, 0.1) is 16.8 Å². The number of carbonyl (C=O) groups excluding carboxylic acids is 2. The number of fused-ring (bicyclic) bond motifs is 1. The summed E-state index contributed by atoms with van der Waals surface area (Å²) in [7, 11) is 0. The molecule has 1 aromatic heterocycles. The van der Waals surface area contributed by atoms with Crippen molar-refractivity contribution in [2.45, 2.75) is 41.0 Å². The van der Waals surface area contributed by atoms with Crippen molar-refractivity contribution in [3.8, 4) is 0 Å². The lowest BCUT2D eigenvalue weighted by Crippen LogP contribution is -2.23. The highest BCUT2D eigenvalue weighted by molar-refractivity contribution is 6.00. The molecular weight excluding hydrogens is 364 g/mol. The van der Waals surface area contributed by atoms with E-state index in [4.69, 9.17) is 4.74 Å². The highest BCUT2D eigenvalue weighted by Gasteiger charge is 2.20. The zero-order valence-corrected chi connectivity index (χ0v) is 17.6. The fraction of sp³-hybridized carbons (Fsp3) is 0.292. The smallest absolute Gasteiger partial charge is 0.340 e. The minimum absolute atomic E-state index is 0.346. The molecule has 0 aliphatic heterocycles. The molecule has 0 unspecified atom stereocenters. The molecule has 0 aliphatic carbocycles. The Morgan fingerprint density at radius 3 is 2.34 bits per heavy atom. The third kappa shape index (κ3) is 4.29. The van der Waals surface area contributed by atoms with E-state index in [1.54, 1.807) is 0 Å². The van der Waals surface area contributed by atoms with E-state index in [-0.39, 0.29) is 12.5 Å². The van der Waals surface area contributed by atoms with Gasteiger partial charge < -0.3 is 10.1 Å². The first kappa shape index (κ1) is 20.5. The van der Waals surface area contributed by atoms with Crippen molar-refractivity contribution < 1.29 is 14.3 Å². The van der Waals surface area contributed by atoms with Crippen LogP contribution >= 0.6 is 0 Å². The molecule has 3 rings (SSSR count). The van der Waals surface area contributed by atoms with Crippen LogP contribution in [0, 0.1) is 27.7 Å². The molecule has 2 aromatic carbocycles. The Balaban J connectivity index is 1.77. The van der Waals surface area contributed by atoms with Crippen molar-refractivity contribution in [1.82, 2.24) is 4.98 Å². The molecule has 5 heteroatoms. The number of hydrogen-bond acceptors (Lipinski definition) is 4. The van der Waals surface area contributed by atoms with Gasteiger partial charge in [0.2, 0.25) is 0 Å². The summed E-state index contributed by atoms with van der Waals surface area (Å²) in [4.78, 5) is 29.8. The fourth-order valence-electron chi connectivity index (χ4n) is 3.72. The number of esters is 1. The Hall–Kier alpha value is -3.21. The van der Waals surface area contributed by atoms with Gasteiger partial charge in [0.15, 0.2) is 6.61 Å². The fourth-order valence-corrected chi connectivity index (χ4v) is 3.72. The normalized spacial score (nSPS) is 10.8. The number of rotatable bonds is 5. The highest BCUT2D eigenvalue weighted by Crippen LogP contribution is 2.24. The van der Waals surface area contributed by atoms with Gasteiger partial charge in [0.1, 0.15) is 0 Å². The highest BCUT2D eigenvalue weighted by atomic mass is 16.5. The first-order valence-electron chi connectivity index (χ1n) is 9.74. The molecule has 29 heavy (non-hydrogen) atoms. The number of para-hydroxylation sites is 1. The van der Waals surface area contributed by atoms with E-state index in [2.05, 4.69) is 10.3 Å². The number of nitrogens with one attached hydrogen (secondary N) is 1. The number of benzene rings is 2. The van der Waals surface area contributed by atoms with Gasteiger partial charge in [0.25, 0.3) is 5.91 Å². The lowest BCUT2D eigenvalue weighted by Gasteiger charge is -2.15. The number of nitrogens with zero attached hydrogens (tertiary/aromatic N) is 1. The van der Waals surface area contributed by atoms with Crippen LogP contribution in [0.2, 0.25) is 0 Å². The van der Waals surface area contributed by atoms with Gasteiger partial charge in [-0.1, -0.05) is 42.8 Å². The molecule has 0 atom stereocenters. The van der Waals surface area contributed by atoms with Gasteiger partial charge >= 0.3 is 5.97 Å². The quantitative estimate of drug-likeness (QED) is 0.634. The Labute approximate surface area is 171 Å². The number of aromatic nitrogens is 1. The Morgan fingerprint density at radius 2 is 1.69 bits per heavy atom. The van der Waals surface area contributed by atoms with Gasteiger partial charge in [-0.3, -0.25) is 9.78 Å². The Bertz CT molecular complexity index is 1080. The maximum Gasteiger partial charge on any atom is 0.340 e. The zero-order valence-electron chi connectivity index (χ0n) is 17.6. The Morgan fingerprint density at radius 1 is 1.03 bits per heavy atom. The third-order valence-electron chi connectivity index (χ3n) is 5.04. The molecule has 0 bridgehead atoms. The summed E-state index contributed by atoms with van der Waals surface area (Å²) >= 11 is 0. The van der Waals surface area contributed by atoms with Crippen molar-refractivity contribution in [3.05, 3.63) is 69.9 Å². The van der Waals surface area contributed by atoms with Gasteiger partial charge in [0, 0.05) is 11.1 Å². The van der Waals surface area contributed by atoms with Gasteiger partial charge in [-0.15, -0.1) is 0 Å². The number of pyridine rings is 1. The van der Waals surface area contributed by atoms with Crippen LogP contribution in [0.4, 0.5) is 5.69 Å². The van der Waals surface area contributed by atoms with Crippen LogP contribution in [-0.4, -0.2) is 23.5 Å². The Kier molecular flexibility index (Phi) is 5.97. The monoisotopic (exact) mass is 390 g/mol. The van der Waals surface area contributed by atoms with Crippen molar-refractivity contribution in [3.63, 3.8) is 0 Å². The summed E-state index contributed by atoms with van der Waals surface area (Å²) in [5.41, 5.74) is 6.64. The molecule has 1 N–H and O–H groups in total. The number of amides is 1. The molecular formula is C24H26N2O3. The van der Waals surface area contributed by atoms with Crippen LogP contribution < -0.4 is 5.32 Å². The van der Waals surface area contributed by atoms with E-state index >= 15 is 0 Å². The second-order valence-electron chi connectivity index (χ2n) is 7.33. The summed E-state index contributed by atoms with van der Waals surface area (Å²) in [5, 5.41) is 3.76. The molecule has 0 radical (unpaired) electrons. The van der Waals surface area contributed by atoms with Gasteiger partial charge in [-0.2, -0.15) is 0 Å². The number of anilines is 1. The molecule has 0 spiro atoms. The predicted octanol–water partition coefficient (Wildman–Crippen LogP) is 4.83. The molecule has 1 amide bonds. The largest absolute Gasteiger partial charge is 0.452 e. The van der Waals surface area contributed by atoms with E-state index in [1.807, 2.05) is 71.0 Å². The number of carbonyl (C=O) groups is 2. The predicted molar refractivity (Wildman–Crippen MR) is 115 cm³/mol. The molecule has 1 heterocycles. The van der Waals surface area contributed by atoms with Gasteiger partial charge in [-0.05, 0) is 56.9 Å². The second kappa shape index (κ2) is 8.43. The maximum absolute atomic E-state index is 12.8. The summed E-state index contributed by atoms with van der Waals surface area (Å²) in [6.07, 6.45) is 0.601. The van der Waals surface area contributed by atoms with Crippen LogP contribution in [0.5, 0.6) is 0 Å². The van der Waals surface area contributed by atoms with Crippen LogP contribution in [0.3, 0.4) is 0 Å². The number of ether oxygens (including phenoxy) is 1. The van der Waals surface area contributed by atoms with E-state index < -0.39 is 5.97 Å². The van der Waals surface area contributed by atoms with Crippen LogP contribution in [-0.2, 0) is 16.0 Å². The van der Waals surface area contributed by atoms with Crippen LogP contribution in [0.15, 0.2) is 36.4 Å². The zero-order chi connectivity index (χ0) is 21.1.